The minimum absolute atomic E-state index is 0.153. The van der Waals surface area contributed by atoms with Crippen LogP contribution in [0.2, 0.25) is 0 Å². The van der Waals surface area contributed by atoms with Crippen molar-refractivity contribution < 1.29 is 8.42 Å². The lowest BCUT2D eigenvalue weighted by Crippen LogP contribution is -2.30. The molecular weight excluding hydrogens is 344 g/mol. The molecule has 2 aromatic rings. The van der Waals surface area contributed by atoms with Crippen molar-refractivity contribution in [2.24, 2.45) is 0 Å². The normalized spacial score (nSPS) is 13.4. The molecular formula is C16H24N4O2S2. The monoisotopic (exact) mass is 368 g/mol. The van der Waals surface area contributed by atoms with Crippen LogP contribution in [-0.2, 0) is 10.0 Å². The van der Waals surface area contributed by atoms with Crippen LogP contribution in [0.15, 0.2) is 40.7 Å². The minimum Gasteiger partial charge on any atom is -0.368 e. The maximum atomic E-state index is 12.1. The first-order valence-electron chi connectivity index (χ1n) is 7.71. The molecule has 2 aromatic heterocycles. The van der Waals surface area contributed by atoms with Gasteiger partial charge in [-0.3, -0.25) is 0 Å². The highest BCUT2D eigenvalue weighted by atomic mass is 32.2. The fourth-order valence-corrected chi connectivity index (χ4v) is 4.36. The Bertz CT molecular complexity index is 726. The number of thiophene rings is 1. The zero-order chi connectivity index (χ0) is 17.7. The van der Waals surface area contributed by atoms with Gasteiger partial charge in [-0.25, -0.2) is 18.1 Å². The van der Waals surface area contributed by atoms with E-state index in [1.54, 1.807) is 37.3 Å². The van der Waals surface area contributed by atoms with Gasteiger partial charge >= 0.3 is 0 Å². The Hall–Kier alpha value is -1.48. The predicted octanol–water partition coefficient (Wildman–Crippen LogP) is 2.54. The molecule has 24 heavy (non-hydrogen) atoms. The highest BCUT2D eigenvalue weighted by Gasteiger charge is 2.17. The number of pyridine rings is 1. The number of likely N-dealkylation sites (N-methyl/N-ethyl adjacent to an activating group) is 1. The lowest BCUT2D eigenvalue weighted by atomic mass is 10.2. The summed E-state index contributed by atoms with van der Waals surface area (Å²) in [4.78, 5) is 7.80. The molecule has 0 saturated carbocycles. The van der Waals surface area contributed by atoms with Crippen molar-refractivity contribution in [1.29, 1.82) is 0 Å². The smallest absolute Gasteiger partial charge is 0.242 e. The number of hydrogen-bond acceptors (Lipinski definition) is 6. The maximum absolute atomic E-state index is 12.1. The highest BCUT2D eigenvalue weighted by Crippen LogP contribution is 2.23. The van der Waals surface area contributed by atoms with Gasteiger partial charge in [0.05, 0.1) is 6.04 Å². The number of sulfonamides is 1. The average Bonchev–Trinajstić information content (AvgIpc) is 3.00. The van der Waals surface area contributed by atoms with Gasteiger partial charge in [-0.1, -0.05) is 6.07 Å². The average molecular weight is 369 g/mol. The summed E-state index contributed by atoms with van der Waals surface area (Å²) in [5.41, 5.74) is 0. The molecule has 0 radical (unpaired) electrons. The third-order valence-corrected chi connectivity index (χ3v) is 6.03. The van der Waals surface area contributed by atoms with Crippen molar-refractivity contribution in [3.63, 3.8) is 0 Å². The van der Waals surface area contributed by atoms with Gasteiger partial charge in [0.25, 0.3) is 0 Å². The van der Waals surface area contributed by atoms with Gasteiger partial charge in [-0.05, 0) is 51.5 Å². The van der Waals surface area contributed by atoms with E-state index in [1.165, 1.54) is 11.1 Å². The van der Waals surface area contributed by atoms with E-state index in [0.717, 1.165) is 0 Å². The third-order valence-electron chi connectivity index (χ3n) is 3.41. The Kier molecular flexibility index (Phi) is 6.34. The molecule has 2 rings (SSSR count). The number of nitrogens with zero attached hydrogens (tertiary/aromatic N) is 2. The van der Waals surface area contributed by atoms with Crippen LogP contribution in [-0.4, -0.2) is 45.0 Å². The Morgan fingerprint density at radius 1 is 1.25 bits per heavy atom. The second-order valence-corrected chi connectivity index (χ2v) is 8.72. The van der Waals surface area contributed by atoms with Crippen molar-refractivity contribution >= 4 is 27.2 Å². The molecule has 0 aliphatic rings. The van der Waals surface area contributed by atoms with E-state index in [9.17, 15) is 8.42 Å². The molecule has 8 heteroatoms. The van der Waals surface area contributed by atoms with Gasteiger partial charge < -0.3 is 10.2 Å². The van der Waals surface area contributed by atoms with Crippen molar-refractivity contribution in [1.82, 2.24) is 14.6 Å². The van der Waals surface area contributed by atoms with E-state index in [0.29, 0.717) is 12.4 Å². The molecule has 0 fully saturated rings. The van der Waals surface area contributed by atoms with Gasteiger partial charge in [0.2, 0.25) is 10.0 Å². The molecule has 0 amide bonds. The summed E-state index contributed by atoms with van der Waals surface area (Å²) in [6, 6.07) is 7.48. The van der Waals surface area contributed by atoms with Crippen molar-refractivity contribution in [2.45, 2.75) is 30.8 Å². The molecule has 132 valence electrons. The van der Waals surface area contributed by atoms with Crippen molar-refractivity contribution in [3.05, 3.63) is 40.7 Å². The van der Waals surface area contributed by atoms with Crippen molar-refractivity contribution in [3.8, 4) is 0 Å². The second-order valence-electron chi connectivity index (χ2n) is 6.03. The van der Waals surface area contributed by atoms with Crippen LogP contribution >= 0.6 is 11.3 Å². The summed E-state index contributed by atoms with van der Waals surface area (Å²) in [6.45, 7) is 4.26. The first-order chi connectivity index (χ1) is 11.3. The standard InChI is InChI=1S/C16H24N4O2S2/c1-12(2)19-24(21,22)13-7-8-16(17-10-13)18-11-14(20(3)4)15-6-5-9-23-15/h5-10,12,14,19H,11H2,1-4H3,(H,17,18)/t14-/m0/s1. The first-order valence-corrected chi connectivity index (χ1v) is 10.1. The summed E-state index contributed by atoms with van der Waals surface area (Å²) in [6.07, 6.45) is 1.38. The molecule has 0 aliphatic heterocycles. The van der Waals surface area contributed by atoms with Crippen LogP contribution in [0, 0.1) is 0 Å². The van der Waals surface area contributed by atoms with E-state index >= 15 is 0 Å². The molecule has 0 bridgehead atoms. The van der Waals surface area contributed by atoms with Gasteiger partial charge in [0.15, 0.2) is 0 Å². The summed E-state index contributed by atoms with van der Waals surface area (Å²) in [7, 11) is 0.566. The number of rotatable bonds is 8. The molecule has 1 atom stereocenters. The summed E-state index contributed by atoms with van der Waals surface area (Å²) in [5.74, 6) is 0.655. The SMILES string of the molecule is CC(C)NS(=O)(=O)c1ccc(NC[C@@H](c2cccs2)N(C)C)nc1. The maximum Gasteiger partial charge on any atom is 0.242 e. The quantitative estimate of drug-likeness (QED) is 0.749. The molecule has 2 N–H and O–H groups in total. The number of anilines is 1. The van der Waals surface area contributed by atoms with Gasteiger partial charge in [-0.15, -0.1) is 11.3 Å². The second kappa shape index (κ2) is 8.06. The topological polar surface area (TPSA) is 74.3 Å². The lowest BCUT2D eigenvalue weighted by Gasteiger charge is -2.23. The molecule has 0 aliphatic carbocycles. The molecule has 6 nitrogen and oxygen atoms in total. The Morgan fingerprint density at radius 3 is 2.50 bits per heavy atom. The van der Waals surface area contributed by atoms with Crippen molar-refractivity contribution in [2.75, 3.05) is 26.0 Å². The molecule has 0 aromatic carbocycles. The van der Waals surface area contributed by atoms with Gasteiger partial charge in [0, 0.05) is 23.7 Å². The Labute approximate surface area is 148 Å². The minimum atomic E-state index is -3.50. The molecule has 0 saturated heterocycles. The molecule has 0 unspecified atom stereocenters. The van der Waals surface area contributed by atoms with Crippen LogP contribution in [0.4, 0.5) is 5.82 Å². The first kappa shape index (κ1) is 18.9. The van der Waals surface area contributed by atoms with Crippen LogP contribution in [0.3, 0.4) is 0 Å². The van der Waals surface area contributed by atoms with Crippen LogP contribution < -0.4 is 10.0 Å². The fourth-order valence-electron chi connectivity index (χ4n) is 2.24. The van der Waals surface area contributed by atoms with E-state index in [4.69, 9.17) is 0 Å². The van der Waals surface area contributed by atoms with E-state index in [1.807, 2.05) is 20.2 Å². The van der Waals surface area contributed by atoms with Gasteiger partial charge in [-0.2, -0.15) is 0 Å². The van der Waals surface area contributed by atoms with Crippen LogP contribution in [0.1, 0.15) is 24.8 Å². The zero-order valence-corrected chi connectivity index (χ0v) is 16.0. The Balaban J connectivity index is 2.04. The number of aromatic nitrogens is 1. The molecule has 2 heterocycles. The predicted molar refractivity (Wildman–Crippen MR) is 98.9 cm³/mol. The molecule has 0 spiro atoms. The van der Waals surface area contributed by atoms with E-state index < -0.39 is 10.0 Å². The van der Waals surface area contributed by atoms with Gasteiger partial charge in [0.1, 0.15) is 10.7 Å². The van der Waals surface area contributed by atoms with E-state index in [-0.39, 0.29) is 17.0 Å². The third kappa shape index (κ3) is 5.01. The van der Waals surface area contributed by atoms with Crippen LogP contribution in [0.5, 0.6) is 0 Å². The zero-order valence-electron chi connectivity index (χ0n) is 14.4. The fraction of sp³-hybridized carbons (Fsp3) is 0.438. The summed E-state index contributed by atoms with van der Waals surface area (Å²) >= 11 is 1.72. The number of nitrogens with one attached hydrogen (secondary N) is 2. The van der Waals surface area contributed by atoms with Crippen LogP contribution in [0.25, 0.3) is 0 Å². The largest absolute Gasteiger partial charge is 0.368 e. The Morgan fingerprint density at radius 2 is 2.00 bits per heavy atom. The highest BCUT2D eigenvalue weighted by molar-refractivity contribution is 7.89. The number of hydrogen-bond donors (Lipinski definition) is 2. The lowest BCUT2D eigenvalue weighted by molar-refractivity contribution is 0.316. The summed E-state index contributed by atoms with van der Waals surface area (Å²) < 4.78 is 26.7. The van der Waals surface area contributed by atoms with E-state index in [2.05, 4.69) is 31.4 Å². The summed E-state index contributed by atoms with van der Waals surface area (Å²) in [5, 5.41) is 5.33.